The van der Waals surface area contributed by atoms with E-state index in [1.165, 1.54) is 6.07 Å². The van der Waals surface area contributed by atoms with Crippen molar-refractivity contribution < 1.29 is 13.2 Å². The highest BCUT2D eigenvalue weighted by molar-refractivity contribution is 5.92. The molecule has 1 aliphatic carbocycles. The fraction of sp³-hybridized carbons (Fsp3) is 0.294. The Hall–Kier alpha value is -2.61. The summed E-state index contributed by atoms with van der Waals surface area (Å²) in [4.78, 5) is 10.9. The molecule has 0 atom stereocenters. The number of nitrogens with two attached hydrogens (primary N) is 1. The van der Waals surface area contributed by atoms with Crippen LogP contribution in [0.3, 0.4) is 0 Å². The first-order valence-corrected chi connectivity index (χ1v) is 7.90. The van der Waals surface area contributed by atoms with Crippen LogP contribution < -0.4 is 11.1 Å². The summed E-state index contributed by atoms with van der Waals surface area (Å²) in [5.41, 5.74) is 6.91. The molecule has 0 saturated heterocycles. The minimum absolute atomic E-state index is 0.264. The molecule has 0 aromatic carbocycles. The summed E-state index contributed by atoms with van der Waals surface area (Å²) in [6.45, 7) is 0.427. The molecule has 4 N–H and O–H groups in total. The Morgan fingerprint density at radius 2 is 2.12 bits per heavy atom. The van der Waals surface area contributed by atoms with Crippen molar-refractivity contribution in [3.05, 3.63) is 42.1 Å². The van der Waals surface area contributed by atoms with Crippen LogP contribution in [0.25, 0.3) is 22.3 Å². The van der Waals surface area contributed by atoms with E-state index in [1.807, 2.05) is 0 Å². The van der Waals surface area contributed by atoms with Gasteiger partial charge in [-0.3, -0.25) is 0 Å². The van der Waals surface area contributed by atoms with Crippen LogP contribution in [0, 0.1) is 5.82 Å². The highest BCUT2D eigenvalue weighted by Crippen LogP contribution is 2.35. The zero-order chi connectivity index (χ0) is 17.6. The van der Waals surface area contributed by atoms with Gasteiger partial charge in [0.15, 0.2) is 0 Å². The van der Waals surface area contributed by atoms with Gasteiger partial charge in [-0.1, -0.05) is 0 Å². The lowest BCUT2D eigenvalue weighted by Gasteiger charge is -2.15. The average molecular weight is 347 g/mol. The quantitative estimate of drug-likeness (QED) is 0.659. The van der Waals surface area contributed by atoms with Crippen molar-refractivity contribution in [2.45, 2.75) is 24.8 Å². The van der Waals surface area contributed by atoms with E-state index in [9.17, 15) is 13.2 Å². The lowest BCUT2D eigenvalue weighted by atomic mass is 10.1. The molecular formula is C17H16F3N5. The maximum Gasteiger partial charge on any atom is 0.282 e. The molecular weight excluding hydrogens is 331 g/mol. The third-order valence-electron chi connectivity index (χ3n) is 4.43. The minimum Gasteiger partial charge on any atom is -0.382 e. The van der Waals surface area contributed by atoms with Crippen molar-refractivity contribution in [1.29, 1.82) is 0 Å². The maximum absolute atomic E-state index is 13.5. The topological polar surface area (TPSA) is 79.6 Å². The monoisotopic (exact) mass is 347 g/mol. The molecule has 25 heavy (non-hydrogen) atoms. The fourth-order valence-electron chi connectivity index (χ4n) is 2.74. The summed E-state index contributed by atoms with van der Waals surface area (Å²) in [7, 11) is 0. The summed E-state index contributed by atoms with van der Waals surface area (Å²) < 4.78 is 40.4. The van der Waals surface area contributed by atoms with E-state index in [1.54, 1.807) is 18.3 Å². The Kier molecular flexibility index (Phi) is 3.64. The van der Waals surface area contributed by atoms with Gasteiger partial charge in [-0.05, 0) is 31.0 Å². The number of hydrogen-bond acceptors (Lipinski definition) is 4. The first-order valence-electron chi connectivity index (χ1n) is 7.90. The van der Waals surface area contributed by atoms with Gasteiger partial charge in [0.05, 0.1) is 17.6 Å². The van der Waals surface area contributed by atoms with Gasteiger partial charge in [0.1, 0.15) is 17.2 Å². The van der Waals surface area contributed by atoms with Gasteiger partial charge in [-0.2, -0.15) is 0 Å². The zero-order valence-corrected chi connectivity index (χ0v) is 13.2. The number of nitrogens with zero attached hydrogens (tertiary/aromatic N) is 2. The molecule has 1 fully saturated rings. The third-order valence-corrected chi connectivity index (χ3v) is 4.43. The number of rotatable bonds is 5. The van der Waals surface area contributed by atoms with E-state index >= 15 is 0 Å². The molecule has 4 rings (SSSR count). The second kappa shape index (κ2) is 5.73. The second-order valence-corrected chi connectivity index (χ2v) is 6.40. The highest BCUT2D eigenvalue weighted by Gasteiger charge is 2.38. The SMILES string of the molecule is NC1(CNc2ccc(-c3c[nH]c4ncc(F)cc34)nc2C(F)F)CC1. The van der Waals surface area contributed by atoms with Crippen molar-refractivity contribution in [2.75, 3.05) is 11.9 Å². The number of H-pyrrole nitrogens is 1. The van der Waals surface area contributed by atoms with Crippen LogP contribution in [0.4, 0.5) is 18.9 Å². The predicted molar refractivity (Wildman–Crippen MR) is 88.9 cm³/mol. The molecule has 1 aliphatic rings. The summed E-state index contributed by atoms with van der Waals surface area (Å²) in [5, 5.41) is 3.46. The molecule has 3 aromatic rings. The van der Waals surface area contributed by atoms with Gasteiger partial charge in [-0.25, -0.2) is 23.1 Å². The van der Waals surface area contributed by atoms with Crippen molar-refractivity contribution in [3.8, 4) is 11.3 Å². The maximum atomic E-state index is 13.5. The largest absolute Gasteiger partial charge is 0.382 e. The summed E-state index contributed by atoms with van der Waals surface area (Å²) in [6.07, 6.45) is 1.69. The Morgan fingerprint density at radius 1 is 1.32 bits per heavy atom. The van der Waals surface area contributed by atoms with Gasteiger partial charge in [0.2, 0.25) is 0 Å². The molecule has 0 spiro atoms. The van der Waals surface area contributed by atoms with Crippen LogP contribution in [0.5, 0.6) is 0 Å². The average Bonchev–Trinajstić information content (AvgIpc) is 3.18. The van der Waals surface area contributed by atoms with Gasteiger partial charge in [-0.15, -0.1) is 0 Å². The third kappa shape index (κ3) is 3.05. The van der Waals surface area contributed by atoms with Crippen LogP contribution in [0.2, 0.25) is 0 Å². The van der Waals surface area contributed by atoms with Gasteiger partial charge in [0, 0.05) is 29.2 Å². The number of pyridine rings is 2. The highest BCUT2D eigenvalue weighted by atomic mass is 19.3. The van der Waals surface area contributed by atoms with E-state index in [0.29, 0.717) is 28.8 Å². The Labute approximate surface area is 141 Å². The lowest BCUT2D eigenvalue weighted by molar-refractivity contribution is 0.147. The first kappa shape index (κ1) is 15.9. The van der Waals surface area contributed by atoms with Gasteiger partial charge < -0.3 is 16.0 Å². The Morgan fingerprint density at radius 3 is 2.84 bits per heavy atom. The number of anilines is 1. The standard InChI is InChI=1S/C17H16F3N5/c18-9-5-10-11(7-23-16(10)22-6-9)12-1-2-13(14(25-12)15(19)20)24-8-17(21)3-4-17/h1-2,5-7,15,24H,3-4,8,21H2,(H,22,23). The summed E-state index contributed by atoms with van der Waals surface area (Å²) in [5.74, 6) is -0.501. The van der Waals surface area contributed by atoms with Gasteiger partial charge in [0.25, 0.3) is 6.43 Å². The normalized spacial score (nSPS) is 15.7. The van der Waals surface area contributed by atoms with Crippen LogP contribution in [0.1, 0.15) is 25.0 Å². The number of halogens is 3. The lowest BCUT2D eigenvalue weighted by Crippen LogP contribution is -2.31. The Bertz CT molecular complexity index is 933. The smallest absolute Gasteiger partial charge is 0.282 e. The van der Waals surface area contributed by atoms with E-state index in [0.717, 1.165) is 19.0 Å². The molecule has 1 saturated carbocycles. The second-order valence-electron chi connectivity index (χ2n) is 6.40. The number of hydrogen-bond donors (Lipinski definition) is 3. The molecule has 0 amide bonds. The number of aromatic nitrogens is 3. The molecule has 0 aliphatic heterocycles. The molecule has 0 radical (unpaired) electrons. The number of alkyl halides is 2. The minimum atomic E-state index is -2.74. The molecule has 8 heteroatoms. The van der Waals surface area contributed by atoms with E-state index in [2.05, 4.69) is 20.3 Å². The van der Waals surface area contributed by atoms with Crippen LogP contribution in [-0.2, 0) is 0 Å². The van der Waals surface area contributed by atoms with Crippen molar-refractivity contribution in [1.82, 2.24) is 15.0 Å². The van der Waals surface area contributed by atoms with Gasteiger partial charge >= 0.3 is 0 Å². The van der Waals surface area contributed by atoms with Crippen molar-refractivity contribution in [3.63, 3.8) is 0 Å². The van der Waals surface area contributed by atoms with E-state index in [4.69, 9.17) is 5.73 Å². The van der Waals surface area contributed by atoms with Crippen LogP contribution >= 0.6 is 0 Å². The first-order chi connectivity index (χ1) is 12.0. The molecule has 0 unspecified atom stereocenters. The van der Waals surface area contributed by atoms with Crippen LogP contribution in [-0.4, -0.2) is 27.0 Å². The molecule has 5 nitrogen and oxygen atoms in total. The summed E-state index contributed by atoms with van der Waals surface area (Å²) in [6, 6.07) is 4.48. The zero-order valence-electron chi connectivity index (χ0n) is 13.2. The summed E-state index contributed by atoms with van der Waals surface area (Å²) >= 11 is 0. The fourth-order valence-corrected chi connectivity index (χ4v) is 2.74. The molecule has 3 heterocycles. The number of fused-ring (bicyclic) bond motifs is 1. The van der Waals surface area contributed by atoms with Crippen molar-refractivity contribution in [2.24, 2.45) is 5.73 Å². The predicted octanol–water partition coefficient (Wildman–Crippen LogP) is 3.60. The number of nitrogens with one attached hydrogen (secondary N) is 2. The molecule has 130 valence electrons. The number of aromatic amines is 1. The van der Waals surface area contributed by atoms with Crippen molar-refractivity contribution >= 4 is 16.7 Å². The van der Waals surface area contributed by atoms with E-state index < -0.39 is 12.2 Å². The molecule has 3 aromatic heterocycles. The molecule has 0 bridgehead atoms. The van der Waals surface area contributed by atoms with Crippen LogP contribution in [0.15, 0.2) is 30.6 Å². The Balaban J connectivity index is 1.72. The van der Waals surface area contributed by atoms with E-state index in [-0.39, 0.29) is 16.9 Å².